The molecule has 3 aromatic heterocycles. The third kappa shape index (κ3) is 3.52. The molecule has 1 aliphatic heterocycles. The summed E-state index contributed by atoms with van der Waals surface area (Å²) in [6.07, 6.45) is 0.302. The topological polar surface area (TPSA) is 122 Å². The molecule has 10 nitrogen and oxygen atoms in total. The van der Waals surface area contributed by atoms with E-state index in [0.717, 1.165) is 26.6 Å². The number of nitrogens with one attached hydrogen (secondary N) is 1. The monoisotopic (exact) mass is 447 g/mol. The normalized spacial score (nSPS) is 16.5. The number of aromatic nitrogens is 4. The molecule has 1 atom stereocenters. The number of hydrogen-bond acceptors (Lipinski definition) is 7. The van der Waals surface area contributed by atoms with Crippen LogP contribution in [-0.2, 0) is 24.9 Å². The molecule has 31 heavy (non-hydrogen) atoms. The van der Waals surface area contributed by atoms with E-state index in [2.05, 4.69) is 10.2 Å². The lowest BCUT2D eigenvalue weighted by Crippen LogP contribution is -2.38. The van der Waals surface area contributed by atoms with Crippen molar-refractivity contribution in [3.63, 3.8) is 0 Å². The van der Waals surface area contributed by atoms with Crippen LogP contribution in [0.3, 0.4) is 0 Å². The Balaban J connectivity index is 2.00. The molecule has 4 heterocycles. The van der Waals surface area contributed by atoms with E-state index < -0.39 is 23.3 Å². The first kappa shape index (κ1) is 21.5. The first-order valence-corrected chi connectivity index (χ1v) is 10.9. The van der Waals surface area contributed by atoms with Crippen LogP contribution < -0.4 is 11.2 Å². The Bertz CT molecular complexity index is 1260. The minimum absolute atomic E-state index is 0.0155. The minimum Gasteiger partial charge on any atom is -0.389 e. The van der Waals surface area contributed by atoms with Crippen LogP contribution in [0.2, 0.25) is 0 Å². The summed E-state index contributed by atoms with van der Waals surface area (Å²) in [5.41, 5.74) is 1.91. The highest BCUT2D eigenvalue weighted by Gasteiger charge is 2.33. The predicted molar refractivity (Wildman–Crippen MR) is 115 cm³/mol. The van der Waals surface area contributed by atoms with Crippen molar-refractivity contribution in [2.24, 2.45) is 7.05 Å². The first-order valence-electron chi connectivity index (χ1n) is 10.1. The number of nitrogens with zero attached hydrogens (tertiary/aromatic N) is 4. The molecule has 166 valence electrons. The SMILES string of the molecule is CCCn1c(=O)n(C)c(=O)c2c(C(=O)N3CC(O)CO3)c(Cc3c(C)n[nH]c3C)sc21. The maximum atomic E-state index is 13.4. The van der Waals surface area contributed by atoms with E-state index in [1.807, 2.05) is 20.8 Å². The van der Waals surface area contributed by atoms with Crippen LogP contribution >= 0.6 is 11.3 Å². The summed E-state index contributed by atoms with van der Waals surface area (Å²) in [6.45, 7) is 6.19. The third-order valence-electron chi connectivity index (χ3n) is 5.55. The molecule has 0 saturated carbocycles. The number of carbonyl (C=O) groups excluding carboxylic acids is 1. The Labute approximate surface area is 181 Å². The van der Waals surface area contributed by atoms with Gasteiger partial charge in [0.15, 0.2) is 0 Å². The van der Waals surface area contributed by atoms with E-state index in [-0.39, 0.29) is 24.1 Å². The highest BCUT2D eigenvalue weighted by Crippen LogP contribution is 2.33. The van der Waals surface area contributed by atoms with Gasteiger partial charge in [0, 0.05) is 36.1 Å². The molecule has 0 spiro atoms. The van der Waals surface area contributed by atoms with Gasteiger partial charge in [0.05, 0.1) is 23.2 Å². The molecule has 0 aromatic carbocycles. The van der Waals surface area contributed by atoms with Gasteiger partial charge in [-0.05, 0) is 20.3 Å². The molecule has 0 aliphatic carbocycles. The van der Waals surface area contributed by atoms with E-state index in [0.29, 0.717) is 29.1 Å². The van der Waals surface area contributed by atoms with Crippen molar-refractivity contribution in [1.82, 2.24) is 24.4 Å². The number of aliphatic hydroxyl groups excluding tert-OH is 1. The van der Waals surface area contributed by atoms with Crippen LogP contribution in [-0.4, -0.2) is 54.7 Å². The van der Waals surface area contributed by atoms with Crippen molar-refractivity contribution in [2.75, 3.05) is 13.2 Å². The number of fused-ring (bicyclic) bond motifs is 1. The summed E-state index contributed by atoms with van der Waals surface area (Å²) in [5, 5.41) is 18.3. The second kappa shape index (κ2) is 8.06. The Hall–Kier alpha value is -2.76. The highest BCUT2D eigenvalue weighted by atomic mass is 32.1. The third-order valence-corrected chi connectivity index (χ3v) is 6.76. The highest BCUT2D eigenvalue weighted by molar-refractivity contribution is 7.19. The average Bonchev–Trinajstić information content (AvgIpc) is 3.42. The summed E-state index contributed by atoms with van der Waals surface area (Å²) >= 11 is 1.27. The van der Waals surface area contributed by atoms with E-state index in [9.17, 15) is 19.5 Å². The number of H-pyrrole nitrogens is 1. The molecule has 1 unspecified atom stereocenters. The van der Waals surface area contributed by atoms with E-state index >= 15 is 0 Å². The maximum absolute atomic E-state index is 13.4. The van der Waals surface area contributed by atoms with Gasteiger partial charge in [0.25, 0.3) is 11.5 Å². The van der Waals surface area contributed by atoms with Crippen LogP contribution in [0.5, 0.6) is 0 Å². The zero-order valence-electron chi connectivity index (χ0n) is 17.9. The number of hydrogen-bond donors (Lipinski definition) is 2. The van der Waals surface area contributed by atoms with Crippen LogP contribution in [0.1, 0.15) is 45.5 Å². The van der Waals surface area contributed by atoms with Crippen LogP contribution in [0.15, 0.2) is 9.59 Å². The fourth-order valence-electron chi connectivity index (χ4n) is 3.88. The largest absolute Gasteiger partial charge is 0.389 e. The van der Waals surface area contributed by atoms with Gasteiger partial charge >= 0.3 is 5.69 Å². The van der Waals surface area contributed by atoms with E-state index in [4.69, 9.17) is 4.84 Å². The number of β-amino-alcohol motifs (C(OH)–C–C–N with tert-alkyl or cyclic N) is 1. The minimum atomic E-state index is -0.781. The van der Waals surface area contributed by atoms with Crippen molar-refractivity contribution in [3.05, 3.63) is 48.2 Å². The zero-order chi connectivity index (χ0) is 22.4. The first-order chi connectivity index (χ1) is 14.7. The number of aryl methyl sites for hydroxylation is 3. The molecule has 1 fully saturated rings. The van der Waals surface area contributed by atoms with Gasteiger partial charge in [-0.2, -0.15) is 5.10 Å². The molecule has 1 aliphatic rings. The van der Waals surface area contributed by atoms with Crippen LogP contribution in [0, 0.1) is 13.8 Å². The average molecular weight is 448 g/mol. The van der Waals surface area contributed by atoms with Crippen molar-refractivity contribution in [1.29, 1.82) is 0 Å². The van der Waals surface area contributed by atoms with Gasteiger partial charge in [-0.25, -0.2) is 9.86 Å². The molecular weight excluding hydrogens is 422 g/mol. The molecule has 1 amide bonds. The maximum Gasteiger partial charge on any atom is 0.331 e. The fourth-order valence-corrected chi connectivity index (χ4v) is 5.19. The van der Waals surface area contributed by atoms with Gasteiger partial charge in [0.1, 0.15) is 17.5 Å². The van der Waals surface area contributed by atoms with Gasteiger partial charge in [-0.15, -0.1) is 11.3 Å². The number of carbonyl (C=O) groups is 1. The molecular formula is C20H25N5O5S. The summed E-state index contributed by atoms with van der Waals surface area (Å²) < 4.78 is 2.59. The van der Waals surface area contributed by atoms with Gasteiger partial charge in [-0.1, -0.05) is 6.92 Å². The second-order valence-corrected chi connectivity index (χ2v) is 8.87. The Morgan fingerprint density at radius 1 is 1.35 bits per heavy atom. The van der Waals surface area contributed by atoms with Gasteiger partial charge in [-0.3, -0.25) is 28.7 Å². The Kier molecular flexibility index (Phi) is 5.58. The molecule has 1 saturated heterocycles. The summed E-state index contributed by atoms with van der Waals surface area (Å²) in [7, 11) is 1.42. The molecule has 0 bridgehead atoms. The fraction of sp³-hybridized carbons (Fsp3) is 0.500. The molecule has 3 aromatic rings. The number of rotatable bonds is 5. The van der Waals surface area contributed by atoms with Crippen LogP contribution in [0.25, 0.3) is 10.2 Å². The lowest BCUT2D eigenvalue weighted by molar-refractivity contribution is -0.0778. The smallest absolute Gasteiger partial charge is 0.331 e. The van der Waals surface area contributed by atoms with Gasteiger partial charge < -0.3 is 5.11 Å². The predicted octanol–water partition coefficient (Wildman–Crippen LogP) is 0.851. The van der Waals surface area contributed by atoms with Crippen molar-refractivity contribution >= 4 is 27.5 Å². The molecule has 0 radical (unpaired) electrons. The lowest BCUT2D eigenvalue weighted by Gasteiger charge is -2.15. The van der Waals surface area contributed by atoms with Gasteiger partial charge in [0.2, 0.25) is 0 Å². The lowest BCUT2D eigenvalue weighted by atomic mass is 10.0. The van der Waals surface area contributed by atoms with Crippen molar-refractivity contribution < 1.29 is 14.7 Å². The summed E-state index contributed by atoms with van der Waals surface area (Å²) in [5.74, 6) is -0.490. The van der Waals surface area contributed by atoms with Crippen molar-refractivity contribution in [3.8, 4) is 0 Å². The number of thiophene rings is 1. The summed E-state index contributed by atoms with van der Waals surface area (Å²) in [6, 6.07) is 0. The number of aromatic amines is 1. The van der Waals surface area contributed by atoms with Crippen molar-refractivity contribution in [2.45, 2.75) is 46.3 Å². The van der Waals surface area contributed by atoms with E-state index in [1.54, 1.807) is 4.57 Å². The quantitative estimate of drug-likeness (QED) is 0.598. The number of aliphatic hydroxyl groups is 1. The van der Waals surface area contributed by atoms with Crippen LogP contribution in [0.4, 0.5) is 0 Å². The summed E-state index contributed by atoms with van der Waals surface area (Å²) in [4.78, 5) is 45.8. The molecule has 2 N–H and O–H groups in total. The number of hydroxylamine groups is 2. The van der Waals surface area contributed by atoms with E-state index in [1.165, 1.54) is 18.4 Å². The second-order valence-electron chi connectivity index (χ2n) is 7.78. The number of amides is 1. The zero-order valence-corrected chi connectivity index (χ0v) is 18.7. The molecule has 4 rings (SSSR count). The molecule has 11 heteroatoms. The standard InChI is InChI=1S/C20H25N5O5S/c1-5-6-24-19-16(17(27)23(4)20(24)29)15(18(28)25-8-12(26)9-30-25)14(31-19)7-13-10(2)21-22-11(13)3/h12,26H,5-9H2,1-4H3,(H,21,22). The Morgan fingerprint density at radius 3 is 2.68 bits per heavy atom. The Morgan fingerprint density at radius 2 is 2.10 bits per heavy atom.